The van der Waals surface area contributed by atoms with Gasteiger partial charge in [0.05, 0.1) is 13.2 Å². The van der Waals surface area contributed by atoms with Crippen molar-refractivity contribution >= 4 is 0 Å². The third kappa shape index (κ3) is 4.00. The van der Waals surface area contributed by atoms with Gasteiger partial charge in [0.25, 0.3) is 5.82 Å². The summed E-state index contributed by atoms with van der Waals surface area (Å²) in [6, 6.07) is 8.63. The predicted molar refractivity (Wildman–Crippen MR) is 101 cm³/mol. The number of hydrogen-bond acceptors (Lipinski definition) is 1. The predicted octanol–water partition coefficient (Wildman–Crippen LogP) is 1.94. The van der Waals surface area contributed by atoms with Gasteiger partial charge in [0, 0.05) is 12.3 Å². The van der Waals surface area contributed by atoms with Crippen molar-refractivity contribution in [3.63, 3.8) is 0 Å². The zero-order chi connectivity index (χ0) is 17.1. The normalized spacial score (nSPS) is 17.9. The van der Waals surface area contributed by atoms with Crippen molar-refractivity contribution in [2.24, 2.45) is 0 Å². The van der Waals surface area contributed by atoms with Crippen LogP contribution in [-0.2, 0) is 13.0 Å². The number of nitrogens with zero attached hydrogens (tertiary/aromatic N) is 2. The van der Waals surface area contributed by atoms with Crippen LogP contribution >= 0.6 is 0 Å². The summed E-state index contributed by atoms with van der Waals surface area (Å²) in [5.74, 6) is 3.22. The SMILES string of the molecule is CCOc1ccc(-[n+]2cc(C3CCCCC3)n3c2CCCCC3)cc1.[Br-]. The Morgan fingerprint density at radius 3 is 2.46 bits per heavy atom. The van der Waals surface area contributed by atoms with Crippen LogP contribution in [0.3, 0.4) is 0 Å². The molecule has 1 fully saturated rings. The summed E-state index contributed by atoms with van der Waals surface area (Å²) in [6.07, 6.45) is 14.6. The van der Waals surface area contributed by atoms with Gasteiger partial charge in [-0.1, -0.05) is 19.3 Å². The lowest BCUT2D eigenvalue weighted by atomic mass is 9.87. The van der Waals surface area contributed by atoms with Crippen molar-refractivity contribution in [2.75, 3.05) is 6.61 Å². The van der Waals surface area contributed by atoms with E-state index in [1.807, 2.05) is 6.92 Å². The average molecular weight is 419 g/mol. The van der Waals surface area contributed by atoms with Gasteiger partial charge in [0.15, 0.2) is 0 Å². The molecule has 0 unspecified atom stereocenters. The summed E-state index contributed by atoms with van der Waals surface area (Å²) in [6.45, 7) is 3.96. The highest BCUT2D eigenvalue weighted by Crippen LogP contribution is 2.34. The van der Waals surface area contributed by atoms with E-state index in [0.29, 0.717) is 0 Å². The maximum atomic E-state index is 5.62. The molecule has 26 heavy (non-hydrogen) atoms. The molecule has 142 valence electrons. The number of rotatable bonds is 4. The fourth-order valence-corrected chi connectivity index (χ4v) is 4.62. The van der Waals surface area contributed by atoms with Crippen molar-refractivity contribution in [1.82, 2.24) is 4.57 Å². The summed E-state index contributed by atoms with van der Waals surface area (Å²) in [4.78, 5) is 0. The monoisotopic (exact) mass is 418 g/mol. The highest BCUT2D eigenvalue weighted by atomic mass is 79.9. The number of ether oxygens (including phenoxy) is 1. The van der Waals surface area contributed by atoms with Crippen molar-refractivity contribution in [3.8, 4) is 11.4 Å². The Morgan fingerprint density at radius 2 is 1.73 bits per heavy atom. The molecule has 2 aromatic rings. The zero-order valence-electron chi connectivity index (χ0n) is 15.9. The smallest absolute Gasteiger partial charge is 0.261 e. The molecule has 0 atom stereocenters. The highest BCUT2D eigenvalue weighted by molar-refractivity contribution is 5.32. The summed E-state index contributed by atoms with van der Waals surface area (Å²) < 4.78 is 10.7. The van der Waals surface area contributed by atoms with Crippen molar-refractivity contribution in [1.29, 1.82) is 0 Å². The summed E-state index contributed by atoms with van der Waals surface area (Å²) in [5, 5.41) is 0. The molecule has 0 spiro atoms. The van der Waals surface area contributed by atoms with Gasteiger partial charge in [0.1, 0.15) is 23.3 Å². The highest BCUT2D eigenvalue weighted by Gasteiger charge is 2.31. The Hall–Kier alpha value is -1.29. The van der Waals surface area contributed by atoms with Crippen LogP contribution < -0.4 is 26.3 Å². The number of benzene rings is 1. The first-order valence-electron chi connectivity index (χ1n) is 10.2. The van der Waals surface area contributed by atoms with Gasteiger partial charge in [-0.2, -0.15) is 4.57 Å². The molecule has 1 aliphatic heterocycles. The van der Waals surface area contributed by atoms with Gasteiger partial charge in [-0.15, -0.1) is 0 Å². The Morgan fingerprint density at radius 1 is 1.00 bits per heavy atom. The molecular formula is C22H31BrN2O. The van der Waals surface area contributed by atoms with Crippen LogP contribution in [0.4, 0.5) is 0 Å². The summed E-state index contributed by atoms with van der Waals surface area (Å²) in [5.41, 5.74) is 2.86. The molecular weight excluding hydrogens is 388 g/mol. The van der Waals surface area contributed by atoms with E-state index in [4.69, 9.17) is 4.74 Å². The van der Waals surface area contributed by atoms with Gasteiger partial charge in [0.2, 0.25) is 0 Å². The number of halogens is 1. The van der Waals surface area contributed by atoms with E-state index < -0.39 is 0 Å². The quantitative estimate of drug-likeness (QED) is 0.693. The van der Waals surface area contributed by atoms with E-state index in [-0.39, 0.29) is 17.0 Å². The molecule has 2 heterocycles. The lowest BCUT2D eigenvalue weighted by molar-refractivity contribution is -0.604. The van der Waals surface area contributed by atoms with Gasteiger partial charge in [-0.3, -0.25) is 0 Å². The Balaban J connectivity index is 0.00000196. The Labute approximate surface area is 168 Å². The first-order chi connectivity index (χ1) is 12.4. The van der Waals surface area contributed by atoms with Gasteiger partial charge < -0.3 is 21.7 Å². The van der Waals surface area contributed by atoms with E-state index in [1.165, 1.54) is 75.8 Å². The van der Waals surface area contributed by atoms with Crippen LogP contribution in [0.5, 0.6) is 5.75 Å². The lowest BCUT2D eigenvalue weighted by Crippen LogP contribution is -3.00. The summed E-state index contributed by atoms with van der Waals surface area (Å²) in [7, 11) is 0. The molecule has 1 aromatic heterocycles. The minimum absolute atomic E-state index is 0. The fourth-order valence-electron chi connectivity index (χ4n) is 4.62. The van der Waals surface area contributed by atoms with E-state index in [9.17, 15) is 0 Å². The molecule has 2 aliphatic rings. The summed E-state index contributed by atoms with van der Waals surface area (Å²) >= 11 is 0. The maximum Gasteiger partial charge on any atom is 0.261 e. The first kappa shape index (κ1) is 19.5. The van der Waals surface area contributed by atoms with Crippen molar-refractivity contribution in [3.05, 3.63) is 42.0 Å². The van der Waals surface area contributed by atoms with Crippen LogP contribution in [0.15, 0.2) is 30.5 Å². The van der Waals surface area contributed by atoms with Gasteiger partial charge >= 0.3 is 0 Å². The largest absolute Gasteiger partial charge is 1.00 e. The molecule has 4 rings (SSSR count). The molecule has 4 heteroatoms. The molecule has 0 bridgehead atoms. The third-order valence-corrected chi connectivity index (χ3v) is 5.89. The van der Waals surface area contributed by atoms with Crippen molar-refractivity contribution in [2.45, 2.75) is 77.2 Å². The fraction of sp³-hybridized carbons (Fsp3) is 0.591. The maximum absolute atomic E-state index is 5.62. The second-order valence-electron chi connectivity index (χ2n) is 7.56. The Bertz CT molecular complexity index is 702. The molecule has 3 nitrogen and oxygen atoms in total. The standard InChI is InChI=1S/C22H31N2O.BrH/c1-2-25-20-14-12-19(13-15-20)24-17-21(18-9-5-3-6-10-18)23-16-8-4-7-11-22(23)24;/h12-15,17-18H,2-11,16H2,1H3;1H/q+1;/p-1. The van der Waals surface area contributed by atoms with Gasteiger partial charge in [-0.25, -0.2) is 4.57 Å². The molecule has 1 aliphatic carbocycles. The topological polar surface area (TPSA) is 18.0 Å². The number of imidazole rings is 1. The molecule has 0 saturated heterocycles. The molecule has 1 aromatic carbocycles. The van der Waals surface area contributed by atoms with Gasteiger partial charge in [-0.05, 0) is 63.3 Å². The average Bonchev–Trinajstić information content (AvgIpc) is 2.85. The van der Waals surface area contributed by atoms with E-state index in [1.54, 1.807) is 5.69 Å². The van der Waals surface area contributed by atoms with Crippen LogP contribution in [0.1, 0.15) is 75.7 Å². The molecule has 1 saturated carbocycles. The van der Waals surface area contributed by atoms with Crippen LogP contribution in [0.2, 0.25) is 0 Å². The van der Waals surface area contributed by atoms with Crippen LogP contribution in [0, 0.1) is 0 Å². The minimum Gasteiger partial charge on any atom is -1.00 e. The van der Waals surface area contributed by atoms with E-state index in [2.05, 4.69) is 39.6 Å². The zero-order valence-corrected chi connectivity index (χ0v) is 17.5. The second kappa shape index (κ2) is 9.07. The number of hydrogen-bond donors (Lipinski definition) is 0. The van der Waals surface area contributed by atoms with Crippen molar-refractivity contribution < 1.29 is 26.3 Å². The van der Waals surface area contributed by atoms with E-state index in [0.717, 1.165) is 18.3 Å². The third-order valence-electron chi connectivity index (χ3n) is 5.89. The molecule has 0 radical (unpaired) electrons. The minimum atomic E-state index is 0. The van der Waals surface area contributed by atoms with Crippen LogP contribution in [0.25, 0.3) is 5.69 Å². The molecule has 0 N–H and O–H groups in total. The first-order valence-corrected chi connectivity index (χ1v) is 10.2. The second-order valence-corrected chi connectivity index (χ2v) is 7.56. The van der Waals surface area contributed by atoms with E-state index >= 15 is 0 Å². The lowest BCUT2D eigenvalue weighted by Gasteiger charge is -2.19. The number of aromatic nitrogens is 2. The number of fused-ring (bicyclic) bond motifs is 1. The molecule has 0 amide bonds. The van der Waals surface area contributed by atoms with Crippen LogP contribution in [-0.4, -0.2) is 11.2 Å². The Kier molecular flexibility index (Phi) is 6.80.